The zero-order chi connectivity index (χ0) is 16.4. The van der Waals surface area contributed by atoms with E-state index in [1.807, 2.05) is 6.07 Å². The lowest BCUT2D eigenvalue weighted by atomic mass is 10.2. The molecule has 1 atom stereocenters. The Labute approximate surface area is 131 Å². The Morgan fingerprint density at radius 2 is 1.82 bits per heavy atom. The quantitative estimate of drug-likeness (QED) is 0.570. The van der Waals surface area contributed by atoms with Crippen molar-refractivity contribution in [2.24, 2.45) is 0 Å². The van der Waals surface area contributed by atoms with E-state index in [0.717, 1.165) is 19.3 Å². The van der Waals surface area contributed by atoms with E-state index in [-0.39, 0.29) is 5.91 Å². The Hall–Kier alpha value is -2.24. The molecule has 0 saturated carbocycles. The maximum Gasteiger partial charge on any atom is 0.279 e. The van der Waals surface area contributed by atoms with Crippen molar-refractivity contribution in [3.05, 3.63) is 24.3 Å². The molecular weight excluding hydrogens is 284 g/mol. The van der Waals surface area contributed by atoms with Crippen LogP contribution in [0.4, 0.5) is 0 Å². The van der Waals surface area contributed by atoms with Crippen LogP contribution in [-0.2, 0) is 9.59 Å². The maximum absolute atomic E-state index is 11.9. The number of carbonyl (C=O) groups is 2. The van der Waals surface area contributed by atoms with E-state index in [4.69, 9.17) is 9.47 Å². The van der Waals surface area contributed by atoms with Gasteiger partial charge in [-0.1, -0.05) is 31.9 Å². The molecule has 2 amide bonds. The lowest BCUT2D eigenvalue weighted by Gasteiger charge is -2.16. The summed E-state index contributed by atoms with van der Waals surface area (Å²) in [6.45, 7) is 3.67. The fraction of sp³-hybridized carbons (Fsp3) is 0.500. The van der Waals surface area contributed by atoms with Crippen LogP contribution in [0.1, 0.15) is 39.5 Å². The number of nitrogens with one attached hydrogen (secondary N) is 2. The molecule has 0 radical (unpaired) electrons. The van der Waals surface area contributed by atoms with Gasteiger partial charge in [0.25, 0.3) is 5.91 Å². The van der Waals surface area contributed by atoms with Crippen molar-refractivity contribution in [3.63, 3.8) is 0 Å². The fourth-order valence-corrected chi connectivity index (χ4v) is 1.79. The van der Waals surface area contributed by atoms with Crippen molar-refractivity contribution < 1.29 is 19.1 Å². The fourth-order valence-electron chi connectivity index (χ4n) is 1.79. The molecule has 1 rings (SSSR count). The number of amides is 2. The normalized spacial score (nSPS) is 11.4. The molecule has 1 aromatic carbocycles. The smallest absolute Gasteiger partial charge is 0.279 e. The van der Waals surface area contributed by atoms with Crippen molar-refractivity contribution >= 4 is 11.8 Å². The molecule has 0 heterocycles. The lowest BCUT2D eigenvalue weighted by molar-refractivity contribution is -0.132. The number of benzene rings is 1. The van der Waals surface area contributed by atoms with Crippen LogP contribution in [0.3, 0.4) is 0 Å². The van der Waals surface area contributed by atoms with Gasteiger partial charge in [-0.25, -0.2) is 0 Å². The molecule has 0 aliphatic heterocycles. The van der Waals surface area contributed by atoms with Gasteiger partial charge in [-0.2, -0.15) is 0 Å². The molecule has 0 fully saturated rings. The highest BCUT2D eigenvalue weighted by Crippen LogP contribution is 2.26. The first kappa shape index (κ1) is 17.8. The van der Waals surface area contributed by atoms with Gasteiger partial charge in [0, 0.05) is 6.42 Å². The average molecular weight is 308 g/mol. The van der Waals surface area contributed by atoms with Gasteiger partial charge in [-0.3, -0.25) is 20.4 Å². The van der Waals surface area contributed by atoms with Gasteiger partial charge >= 0.3 is 0 Å². The summed E-state index contributed by atoms with van der Waals surface area (Å²) >= 11 is 0. The summed E-state index contributed by atoms with van der Waals surface area (Å²) in [5.41, 5.74) is 4.75. The standard InChI is InChI=1S/C16H24N2O4/c1-4-5-6-11-15(19)17-18-16(20)12(2)22-14-10-8-7-9-13(14)21-3/h7-10,12H,4-6,11H2,1-3H3,(H,17,19)(H,18,20). The largest absolute Gasteiger partial charge is 0.493 e. The number of hydrogen-bond acceptors (Lipinski definition) is 4. The second-order valence-corrected chi connectivity index (χ2v) is 4.91. The number of unbranched alkanes of at least 4 members (excludes halogenated alkanes) is 2. The van der Waals surface area contributed by atoms with Crippen molar-refractivity contribution in [1.29, 1.82) is 0 Å². The number of hydrogen-bond donors (Lipinski definition) is 2. The SMILES string of the molecule is CCCCCC(=O)NNC(=O)C(C)Oc1ccccc1OC. The molecule has 122 valence electrons. The molecule has 0 aliphatic carbocycles. The molecule has 2 N–H and O–H groups in total. The Morgan fingerprint density at radius 3 is 2.45 bits per heavy atom. The van der Waals surface area contributed by atoms with Gasteiger partial charge in [0.1, 0.15) is 0 Å². The van der Waals surface area contributed by atoms with Gasteiger partial charge in [-0.05, 0) is 25.5 Å². The van der Waals surface area contributed by atoms with Crippen LogP contribution in [0.5, 0.6) is 11.5 Å². The van der Waals surface area contributed by atoms with Crippen LogP contribution in [0, 0.1) is 0 Å². The van der Waals surface area contributed by atoms with E-state index < -0.39 is 12.0 Å². The second-order valence-electron chi connectivity index (χ2n) is 4.91. The number of carbonyl (C=O) groups excluding carboxylic acids is 2. The predicted octanol–water partition coefficient (Wildman–Crippen LogP) is 2.19. The summed E-state index contributed by atoms with van der Waals surface area (Å²) < 4.78 is 10.7. The van der Waals surface area contributed by atoms with E-state index in [9.17, 15) is 9.59 Å². The molecular formula is C16H24N2O4. The molecule has 0 spiro atoms. The third kappa shape index (κ3) is 6.03. The van der Waals surface area contributed by atoms with E-state index in [0.29, 0.717) is 17.9 Å². The van der Waals surface area contributed by atoms with Gasteiger partial charge < -0.3 is 9.47 Å². The summed E-state index contributed by atoms with van der Waals surface area (Å²) in [5, 5.41) is 0. The number of ether oxygens (including phenoxy) is 2. The average Bonchev–Trinajstić information content (AvgIpc) is 2.53. The minimum Gasteiger partial charge on any atom is -0.493 e. The Kier molecular flexibility index (Phi) is 7.81. The molecule has 0 aliphatic rings. The van der Waals surface area contributed by atoms with Crippen LogP contribution in [0.25, 0.3) is 0 Å². The van der Waals surface area contributed by atoms with Gasteiger partial charge in [0.15, 0.2) is 17.6 Å². The Balaban J connectivity index is 2.40. The zero-order valence-corrected chi connectivity index (χ0v) is 13.3. The molecule has 6 nitrogen and oxygen atoms in total. The third-order valence-electron chi connectivity index (χ3n) is 3.07. The Bertz CT molecular complexity index is 491. The first-order chi connectivity index (χ1) is 10.6. The van der Waals surface area contributed by atoms with E-state index >= 15 is 0 Å². The number of rotatable bonds is 8. The monoisotopic (exact) mass is 308 g/mol. The maximum atomic E-state index is 11.9. The van der Waals surface area contributed by atoms with E-state index in [2.05, 4.69) is 17.8 Å². The number of methoxy groups -OCH3 is 1. The lowest BCUT2D eigenvalue weighted by Crippen LogP contribution is -2.47. The summed E-state index contributed by atoms with van der Waals surface area (Å²) in [7, 11) is 1.53. The highest BCUT2D eigenvalue weighted by Gasteiger charge is 2.17. The topological polar surface area (TPSA) is 76.7 Å². The summed E-state index contributed by atoms with van der Waals surface area (Å²) in [6.07, 6.45) is 2.49. The van der Waals surface area contributed by atoms with Crippen molar-refractivity contribution in [2.75, 3.05) is 7.11 Å². The molecule has 0 saturated heterocycles. The minimum absolute atomic E-state index is 0.203. The molecule has 22 heavy (non-hydrogen) atoms. The number of para-hydroxylation sites is 2. The van der Waals surface area contributed by atoms with Crippen molar-refractivity contribution in [1.82, 2.24) is 10.9 Å². The first-order valence-electron chi connectivity index (χ1n) is 7.46. The first-order valence-corrected chi connectivity index (χ1v) is 7.46. The van der Waals surface area contributed by atoms with Crippen LogP contribution in [0.15, 0.2) is 24.3 Å². The van der Waals surface area contributed by atoms with Crippen molar-refractivity contribution in [2.45, 2.75) is 45.6 Å². The van der Waals surface area contributed by atoms with Crippen LogP contribution >= 0.6 is 0 Å². The van der Waals surface area contributed by atoms with Crippen molar-refractivity contribution in [3.8, 4) is 11.5 Å². The molecule has 0 aromatic heterocycles. The summed E-state index contributed by atoms with van der Waals surface area (Å²) in [5.74, 6) is 0.397. The summed E-state index contributed by atoms with van der Waals surface area (Å²) in [4.78, 5) is 23.4. The van der Waals surface area contributed by atoms with Gasteiger partial charge in [0.2, 0.25) is 5.91 Å². The molecule has 1 aromatic rings. The van der Waals surface area contributed by atoms with Gasteiger partial charge in [0.05, 0.1) is 7.11 Å². The molecule has 1 unspecified atom stereocenters. The third-order valence-corrected chi connectivity index (χ3v) is 3.07. The van der Waals surface area contributed by atoms with E-state index in [1.54, 1.807) is 25.1 Å². The predicted molar refractivity (Wildman–Crippen MR) is 83.5 cm³/mol. The number of hydrazine groups is 1. The minimum atomic E-state index is -0.757. The summed E-state index contributed by atoms with van der Waals surface area (Å²) in [6, 6.07) is 7.06. The Morgan fingerprint density at radius 1 is 1.14 bits per heavy atom. The second kappa shape index (κ2) is 9.65. The molecule has 0 bridgehead atoms. The highest BCUT2D eigenvalue weighted by molar-refractivity contribution is 5.84. The van der Waals surface area contributed by atoms with E-state index in [1.165, 1.54) is 7.11 Å². The van der Waals surface area contributed by atoms with Gasteiger partial charge in [-0.15, -0.1) is 0 Å². The van der Waals surface area contributed by atoms with Crippen LogP contribution in [-0.4, -0.2) is 25.0 Å². The van der Waals surface area contributed by atoms with Crippen LogP contribution < -0.4 is 20.3 Å². The highest BCUT2D eigenvalue weighted by atomic mass is 16.5. The van der Waals surface area contributed by atoms with Crippen LogP contribution in [0.2, 0.25) is 0 Å². The molecule has 6 heteroatoms. The zero-order valence-electron chi connectivity index (χ0n) is 13.3.